The molecule has 0 unspecified atom stereocenters. The van der Waals surface area contributed by atoms with Crippen molar-refractivity contribution in [3.63, 3.8) is 0 Å². The van der Waals surface area contributed by atoms with E-state index in [0.717, 1.165) is 11.3 Å². The van der Waals surface area contributed by atoms with Gasteiger partial charge in [-0.05, 0) is 11.4 Å². The molecule has 0 aromatic carbocycles. The van der Waals surface area contributed by atoms with Crippen LogP contribution in [0.1, 0.15) is 4.88 Å². The van der Waals surface area contributed by atoms with Crippen LogP contribution in [-0.2, 0) is 6.42 Å². The number of thiophene rings is 1. The number of hydrogen-bond acceptors (Lipinski definition) is 2. The summed E-state index contributed by atoms with van der Waals surface area (Å²) in [7, 11) is 0. The van der Waals surface area contributed by atoms with Crippen molar-refractivity contribution < 1.29 is 5.11 Å². The van der Waals surface area contributed by atoms with Crippen molar-refractivity contribution >= 4 is 11.3 Å². The van der Waals surface area contributed by atoms with Crippen LogP contribution >= 0.6 is 11.3 Å². The van der Waals surface area contributed by atoms with Gasteiger partial charge in [-0.15, -0.1) is 17.9 Å². The second-order valence-corrected chi connectivity index (χ2v) is 2.72. The molecule has 1 aromatic heterocycles. The maximum absolute atomic E-state index is 9.04. The van der Waals surface area contributed by atoms with Crippen LogP contribution in [0.5, 0.6) is 5.75 Å². The van der Waals surface area contributed by atoms with Crippen molar-refractivity contribution in [3.8, 4) is 5.75 Å². The molecule has 2 heteroatoms. The molecule has 48 valence electrons. The van der Waals surface area contributed by atoms with Crippen molar-refractivity contribution in [2.75, 3.05) is 0 Å². The summed E-state index contributed by atoms with van der Waals surface area (Å²) in [6.07, 6.45) is 2.55. The van der Waals surface area contributed by atoms with Crippen LogP contribution in [0.4, 0.5) is 0 Å². The summed E-state index contributed by atoms with van der Waals surface area (Å²) in [5, 5.41) is 10.9. The van der Waals surface area contributed by atoms with Crippen LogP contribution in [0, 0.1) is 0 Å². The second-order valence-electron chi connectivity index (χ2n) is 1.72. The van der Waals surface area contributed by atoms with Crippen LogP contribution in [0.15, 0.2) is 24.1 Å². The molecule has 0 bridgehead atoms. The summed E-state index contributed by atoms with van der Waals surface area (Å²) in [4.78, 5) is 0.991. The zero-order chi connectivity index (χ0) is 6.69. The minimum Gasteiger partial charge on any atom is -0.507 e. The Bertz CT molecular complexity index is 202. The fraction of sp³-hybridized carbons (Fsp3) is 0.143. The van der Waals surface area contributed by atoms with Gasteiger partial charge in [-0.2, -0.15) is 0 Å². The van der Waals surface area contributed by atoms with Crippen molar-refractivity contribution in [1.82, 2.24) is 0 Å². The summed E-state index contributed by atoms with van der Waals surface area (Å²) < 4.78 is 0. The van der Waals surface area contributed by atoms with E-state index in [1.54, 1.807) is 23.5 Å². The van der Waals surface area contributed by atoms with E-state index in [2.05, 4.69) is 6.58 Å². The molecule has 1 aromatic rings. The third kappa shape index (κ3) is 1.33. The average Bonchev–Trinajstić information content (AvgIpc) is 2.18. The third-order valence-corrected chi connectivity index (χ3v) is 1.98. The quantitative estimate of drug-likeness (QED) is 0.624. The molecule has 1 rings (SSSR count). The smallest absolute Gasteiger partial charge is 0.129 e. The Morgan fingerprint density at radius 2 is 2.56 bits per heavy atom. The predicted octanol–water partition coefficient (Wildman–Crippen LogP) is 2.18. The molecule has 1 N–H and O–H groups in total. The molecule has 0 fully saturated rings. The van der Waals surface area contributed by atoms with Gasteiger partial charge < -0.3 is 5.11 Å². The van der Waals surface area contributed by atoms with E-state index in [4.69, 9.17) is 5.11 Å². The first kappa shape index (κ1) is 6.36. The first-order chi connectivity index (χ1) is 4.34. The van der Waals surface area contributed by atoms with Gasteiger partial charge in [0.05, 0.1) is 0 Å². The van der Waals surface area contributed by atoms with Gasteiger partial charge in [0.2, 0.25) is 0 Å². The number of rotatable bonds is 2. The van der Waals surface area contributed by atoms with Gasteiger partial charge in [0.15, 0.2) is 0 Å². The lowest BCUT2D eigenvalue weighted by Crippen LogP contribution is -1.70. The Kier molecular flexibility index (Phi) is 1.90. The van der Waals surface area contributed by atoms with Crippen molar-refractivity contribution in [3.05, 3.63) is 29.0 Å². The molecular weight excluding hydrogens is 132 g/mol. The van der Waals surface area contributed by atoms with Crippen LogP contribution < -0.4 is 0 Å². The average molecular weight is 140 g/mol. The Morgan fingerprint density at radius 1 is 1.78 bits per heavy atom. The van der Waals surface area contributed by atoms with E-state index < -0.39 is 0 Å². The van der Waals surface area contributed by atoms with Gasteiger partial charge in [-0.3, -0.25) is 0 Å². The monoisotopic (exact) mass is 140 g/mol. The van der Waals surface area contributed by atoms with E-state index >= 15 is 0 Å². The van der Waals surface area contributed by atoms with Gasteiger partial charge in [0.1, 0.15) is 5.75 Å². The summed E-state index contributed by atoms with van der Waals surface area (Å²) >= 11 is 1.55. The lowest BCUT2D eigenvalue weighted by molar-refractivity contribution is 0.473. The summed E-state index contributed by atoms with van der Waals surface area (Å²) in [5.41, 5.74) is 0. The fourth-order valence-electron chi connectivity index (χ4n) is 0.618. The summed E-state index contributed by atoms with van der Waals surface area (Å²) in [5.74, 6) is 0.389. The topological polar surface area (TPSA) is 20.2 Å². The Labute approximate surface area is 58.3 Å². The Balaban J connectivity index is 2.80. The standard InChI is InChI=1S/C7H8OS/c1-2-3-7-6(8)4-5-9-7/h2,4-5,8H,1,3H2. The maximum atomic E-state index is 9.04. The molecule has 9 heavy (non-hydrogen) atoms. The van der Waals surface area contributed by atoms with E-state index in [1.807, 2.05) is 5.38 Å². The zero-order valence-electron chi connectivity index (χ0n) is 5.00. The minimum absolute atomic E-state index is 0.389. The molecule has 0 aliphatic heterocycles. The van der Waals surface area contributed by atoms with Crippen LogP contribution in [-0.4, -0.2) is 5.11 Å². The van der Waals surface area contributed by atoms with Crippen molar-refractivity contribution in [2.45, 2.75) is 6.42 Å². The van der Waals surface area contributed by atoms with E-state index in [9.17, 15) is 0 Å². The summed E-state index contributed by atoms with van der Waals surface area (Å²) in [6.45, 7) is 3.57. The van der Waals surface area contributed by atoms with E-state index in [0.29, 0.717) is 5.75 Å². The number of allylic oxidation sites excluding steroid dienone is 1. The minimum atomic E-state index is 0.389. The summed E-state index contributed by atoms with van der Waals surface area (Å²) in [6, 6.07) is 1.70. The zero-order valence-corrected chi connectivity index (χ0v) is 5.82. The molecule has 0 aliphatic rings. The molecule has 0 saturated heterocycles. The van der Waals surface area contributed by atoms with Gasteiger partial charge >= 0.3 is 0 Å². The Morgan fingerprint density at radius 3 is 3.00 bits per heavy atom. The second kappa shape index (κ2) is 2.69. The molecule has 1 heterocycles. The van der Waals surface area contributed by atoms with E-state index in [1.165, 1.54) is 0 Å². The lowest BCUT2D eigenvalue weighted by atomic mass is 10.3. The maximum Gasteiger partial charge on any atom is 0.129 e. The van der Waals surface area contributed by atoms with Gasteiger partial charge in [0.25, 0.3) is 0 Å². The highest BCUT2D eigenvalue weighted by molar-refractivity contribution is 7.10. The highest BCUT2D eigenvalue weighted by atomic mass is 32.1. The fourth-order valence-corrected chi connectivity index (χ4v) is 1.38. The van der Waals surface area contributed by atoms with Gasteiger partial charge in [-0.25, -0.2) is 0 Å². The highest BCUT2D eigenvalue weighted by Gasteiger charge is 1.97. The molecule has 0 spiro atoms. The number of aromatic hydroxyl groups is 1. The molecule has 0 saturated carbocycles. The molecular formula is C7H8OS. The Hall–Kier alpha value is -0.760. The molecule has 0 atom stereocenters. The molecule has 1 nitrogen and oxygen atoms in total. The highest BCUT2D eigenvalue weighted by Crippen LogP contribution is 2.23. The van der Waals surface area contributed by atoms with Gasteiger partial charge in [0, 0.05) is 11.3 Å². The predicted molar refractivity (Wildman–Crippen MR) is 39.9 cm³/mol. The SMILES string of the molecule is C=CCc1sccc1O. The first-order valence-corrected chi connectivity index (χ1v) is 3.59. The molecule has 0 radical (unpaired) electrons. The van der Waals surface area contributed by atoms with Crippen molar-refractivity contribution in [1.29, 1.82) is 0 Å². The molecule has 0 aliphatic carbocycles. The van der Waals surface area contributed by atoms with Crippen LogP contribution in [0.3, 0.4) is 0 Å². The van der Waals surface area contributed by atoms with Crippen LogP contribution in [0.2, 0.25) is 0 Å². The van der Waals surface area contributed by atoms with Crippen molar-refractivity contribution in [2.24, 2.45) is 0 Å². The van der Waals surface area contributed by atoms with E-state index in [-0.39, 0.29) is 0 Å². The van der Waals surface area contributed by atoms with Crippen LogP contribution in [0.25, 0.3) is 0 Å². The molecule has 0 amide bonds. The van der Waals surface area contributed by atoms with Gasteiger partial charge in [-0.1, -0.05) is 6.08 Å². The normalized spacial score (nSPS) is 9.33. The lowest BCUT2D eigenvalue weighted by Gasteiger charge is -1.88. The number of hydrogen-bond donors (Lipinski definition) is 1. The third-order valence-electron chi connectivity index (χ3n) is 1.05. The first-order valence-electron chi connectivity index (χ1n) is 2.71. The largest absolute Gasteiger partial charge is 0.507 e.